The van der Waals surface area contributed by atoms with Crippen LogP contribution in [0.2, 0.25) is 0 Å². The Kier molecular flexibility index (Phi) is 6.05. The predicted molar refractivity (Wildman–Crippen MR) is 122 cm³/mol. The summed E-state index contributed by atoms with van der Waals surface area (Å²) in [6.45, 7) is 2.28. The Morgan fingerprint density at radius 1 is 1.06 bits per heavy atom. The summed E-state index contributed by atoms with van der Waals surface area (Å²) < 4.78 is 39.1. The first kappa shape index (κ1) is 21.7. The lowest BCUT2D eigenvalue weighted by Gasteiger charge is -2.27. The first-order valence-corrected chi connectivity index (χ1v) is 11.7. The molecule has 2 N–H and O–H groups in total. The summed E-state index contributed by atoms with van der Waals surface area (Å²) in [5.41, 5.74) is 2.31. The minimum atomic E-state index is -3.88. The molecule has 0 aromatic heterocycles. The van der Waals surface area contributed by atoms with Gasteiger partial charge in [0.25, 0.3) is 15.9 Å². The van der Waals surface area contributed by atoms with E-state index in [0.717, 1.165) is 11.3 Å². The van der Waals surface area contributed by atoms with Crippen molar-refractivity contribution in [2.45, 2.75) is 24.3 Å². The highest BCUT2D eigenvalue weighted by Crippen LogP contribution is 2.32. The van der Waals surface area contributed by atoms with Gasteiger partial charge in [-0.15, -0.1) is 0 Å². The third-order valence-electron chi connectivity index (χ3n) is 5.37. The Morgan fingerprint density at radius 2 is 1.81 bits per heavy atom. The fourth-order valence-electron chi connectivity index (χ4n) is 3.61. The number of carbonyl (C=O) groups excluding carboxylic acids is 1. The van der Waals surface area contributed by atoms with Crippen LogP contribution in [0, 0.1) is 6.92 Å². The van der Waals surface area contributed by atoms with E-state index in [1.54, 1.807) is 37.3 Å². The van der Waals surface area contributed by atoms with Crippen LogP contribution in [0.4, 0.5) is 5.69 Å². The number of sulfonamides is 1. The smallest absolute Gasteiger partial charge is 0.261 e. The Morgan fingerprint density at radius 3 is 2.56 bits per heavy atom. The summed E-state index contributed by atoms with van der Waals surface area (Å²) >= 11 is 0. The van der Waals surface area contributed by atoms with Crippen molar-refractivity contribution >= 4 is 21.6 Å². The lowest BCUT2D eigenvalue weighted by Crippen LogP contribution is -2.32. The van der Waals surface area contributed by atoms with Gasteiger partial charge < -0.3 is 14.8 Å². The van der Waals surface area contributed by atoms with Crippen LogP contribution in [0.25, 0.3) is 0 Å². The number of rotatable bonds is 6. The van der Waals surface area contributed by atoms with Gasteiger partial charge in [0.05, 0.1) is 24.7 Å². The molecule has 0 fully saturated rings. The third kappa shape index (κ3) is 4.55. The number of amides is 1. The van der Waals surface area contributed by atoms with E-state index in [-0.39, 0.29) is 16.8 Å². The second-order valence-electron chi connectivity index (χ2n) is 7.51. The summed E-state index contributed by atoms with van der Waals surface area (Å²) in [4.78, 5) is 13.1. The minimum absolute atomic E-state index is 0.0106. The zero-order valence-corrected chi connectivity index (χ0v) is 18.6. The van der Waals surface area contributed by atoms with E-state index >= 15 is 0 Å². The van der Waals surface area contributed by atoms with Gasteiger partial charge >= 0.3 is 0 Å². The Bertz CT molecular complexity index is 1240. The summed E-state index contributed by atoms with van der Waals surface area (Å²) in [6, 6.07) is 18.5. The number of para-hydroxylation sites is 1. The van der Waals surface area contributed by atoms with Crippen LogP contribution in [-0.4, -0.2) is 28.0 Å². The summed E-state index contributed by atoms with van der Waals surface area (Å²) in [5, 5.41) is 3.03. The number of ether oxygens (including phenoxy) is 2. The molecule has 1 aliphatic rings. The highest BCUT2D eigenvalue weighted by atomic mass is 32.2. The molecule has 1 atom stereocenters. The molecule has 0 aliphatic carbocycles. The van der Waals surface area contributed by atoms with Crippen LogP contribution in [-0.2, 0) is 10.0 Å². The summed E-state index contributed by atoms with van der Waals surface area (Å²) in [5.74, 6) is 1.04. The molecule has 0 saturated heterocycles. The van der Waals surface area contributed by atoms with Gasteiger partial charge in [0.1, 0.15) is 11.5 Å². The first-order valence-electron chi connectivity index (χ1n) is 10.2. The maximum Gasteiger partial charge on any atom is 0.261 e. The van der Waals surface area contributed by atoms with Crippen molar-refractivity contribution in [3.05, 3.63) is 83.4 Å². The van der Waals surface area contributed by atoms with E-state index < -0.39 is 10.0 Å². The lowest BCUT2D eigenvalue weighted by molar-refractivity contribution is 0.0924. The fourth-order valence-corrected chi connectivity index (χ4v) is 4.70. The van der Waals surface area contributed by atoms with Crippen molar-refractivity contribution in [3.63, 3.8) is 0 Å². The highest BCUT2D eigenvalue weighted by molar-refractivity contribution is 7.92. The molecule has 32 heavy (non-hydrogen) atoms. The van der Waals surface area contributed by atoms with Crippen LogP contribution < -0.4 is 19.5 Å². The second kappa shape index (κ2) is 8.92. The topological polar surface area (TPSA) is 93.7 Å². The molecule has 1 aliphatic heterocycles. The Hall–Kier alpha value is -3.52. The molecule has 166 valence electrons. The van der Waals surface area contributed by atoms with Gasteiger partial charge in [-0.05, 0) is 55.0 Å². The van der Waals surface area contributed by atoms with Gasteiger partial charge in [-0.2, -0.15) is 0 Å². The predicted octanol–water partition coefficient (Wildman–Crippen LogP) is 4.06. The van der Waals surface area contributed by atoms with Gasteiger partial charge in [-0.25, -0.2) is 8.42 Å². The van der Waals surface area contributed by atoms with Crippen molar-refractivity contribution in [2.75, 3.05) is 18.4 Å². The number of nitrogens with one attached hydrogen (secondary N) is 2. The lowest BCUT2D eigenvalue weighted by atomic mass is 9.99. The Balaban J connectivity index is 1.56. The van der Waals surface area contributed by atoms with E-state index in [1.165, 1.54) is 19.2 Å². The van der Waals surface area contributed by atoms with Gasteiger partial charge in [-0.1, -0.05) is 24.3 Å². The van der Waals surface area contributed by atoms with E-state index in [2.05, 4.69) is 10.0 Å². The van der Waals surface area contributed by atoms with Crippen molar-refractivity contribution in [1.82, 2.24) is 5.32 Å². The molecule has 1 amide bonds. The van der Waals surface area contributed by atoms with Crippen molar-refractivity contribution in [3.8, 4) is 11.5 Å². The number of fused-ring (bicyclic) bond motifs is 1. The molecule has 3 aromatic rings. The molecule has 1 unspecified atom stereocenters. The van der Waals surface area contributed by atoms with Crippen LogP contribution in [0.15, 0.2) is 71.6 Å². The molecule has 4 rings (SSSR count). The normalized spacial score (nSPS) is 15.2. The number of hydrogen-bond acceptors (Lipinski definition) is 5. The van der Waals surface area contributed by atoms with Crippen molar-refractivity contribution < 1.29 is 22.7 Å². The Labute approximate surface area is 187 Å². The number of hydrogen-bond donors (Lipinski definition) is 2. The number of carbonyl (C=O) groups is 1. The van der Waals surface area contributed by atoms with Crippen molar-refractivity contribution in [1.29, 1.82) is 0 Å². The maximum absolute atomic E-state index is 13.1. The van der Waals surface area contributed by atoms with Crippen LogP contribution in [0.3, 0.4) is 0 Å². The maximum atomic E-state index is 13.1. The van der Waals surface area contributed by atoms with E-state index in [4.69, 9.17) is 9.47 Å². The molecule has 0 bridgehead atoms. The molecule has 0 saturated carbocycles. The fraction of sp³-hybridized carbons (Fsp3) is 0.208. The number of aryl methyl sites for hydroxylation is 1. The molecule has 1 heterocycles. The first-order chi connectivity index (χ1) is 15.4. The number of methoxy groups -OCH3 is 1. The largest absolute Gasteiger partial charge is 0.497 e. The molecule has 0 radical (unpaired) electrons. The average Bonchev–Trinajstić information content (AvgIpc) is 2.79. The summed E-state index contributed by atoms with van der Waals surface area (Å²) in [6.07, 6.45) is 0.638. The molecular weight excluding hydrogens is 428 g/mol. The number of anilines is 1. The van der Waals surface area contributed by atoms with E-state index in [0.29, 0.717) is 35.6 Å². The van der Waals surface area contributed by atoms with Crippen LogP contribution >= 0.6 is 0 Å². The van der Waals surface area contributed by atoms with Gasteiger partial charge in [0.2, 0.25) is 0 Å². The highest BCUT2D eigenvalue weighted by Gasteiger charge is 2.25. The zero-order valence-electron chi connectivity index (χ0n) is 17.8. The molecular formula is C24H24N2O5S. The van der Waals surface area contributed by atoms with Gasteiger partial charge in [0, 0.05) is 23.2 Å². The zero-order chi connectivity index (χ0) is 22.7. The minimum Gasteiger partial charge on any atom is -0.497 e. The molecule has 3 aromatic carbocycles. The molecule has 7 nitrogen and oxygen atoms in total. The molecule has 0 spiro atoms. The van der Waals surface area contributed by atoms with Crippen molar-refractivity contribution in [2.24, 2.45) is 0 Å². The van der Waals surface area contributed by atoms with E-state index in [9.17, 15) is 13.2 Å². The van der Waals surface area contributed by atoms with Crippen LogP contribution in [0.1, 0.15) is 33.9 Å². The molecule has 8 heteroatoms. The second-order valence-corrected chi connectivity index (χ2v) is 9.19. The quantitative estimate of drug-likeness (QED) is 0.588. The number of benzene rings is 3. The van der Waals surface area contributed by atoms with Gasteiger partial charge in [-0.3, -0.25) is 9.52 Å². The van der Waals surface area contributed by atoms with E-state index in [1.807, 2.05) is 24.3 Å². The monoisotopic (exact) mass is 452 g/mol. The average molecular weight is 453 g/mol. The third-order valence-corrected chi connectivity index (χ3v) is 6.75. The summed E-state index contributed by atoms with van der Waals surface area (Å²) in [7, 11) is -2.34. The van der Waals surface area contributed by atoms with Gasteiger partial charge in [0.15, 0.2) is 0 Å². The SMILES string of the molecule is COc1ccc(NS(=O)(=O)c2ccc(C)c(C(=O)NC3CCOc4ccccc43)c2)cc1. The standard InChI is InChI=1S/C24H24N2O5S/c1-16-7-12-19(32(28,29)26-17-8-10-18(30-2)11-9-17)15-21(16)24(27)25-22-13-14-31-23-6-4-3-5-20(22)23/h3-12,15,22,26H,13-14H2,1-2H3,(H,25,27). The van der Waals surface area contributed by atoms with Crippen LogP contribution in [0.5, 0.6) is 11.5 Å².